The van der Waals surface area contributed by atoms with E-state index in [2.05, 4.69) is 9.98 Å². The van der Waals surface area contributed by atoms with E-state index < -0.39 is 11.5 Å². The summed E-state index contributed by atoms with van der Waals surface area (Å²) in [5.74, 6) is -3.78. The average molecular weight is 475 g/mol. The zero-order chi connectivity index (χ0) is 24.6. The van der Waals surface area contributed by atoms with Gasteiger partial charge in [-0.05, 0) is 55.9 Å². The molecule has 0 bridgehead atoms. The van der Waals surface area contributed by atoms with Crippen molar-refractivity contribution < 1.29 is 18.7 Å². The van der Waals surface area contributed by atoms with E-state index in [0.717, 1.165) is 28.1 Å². The quantitative estimate of drug-likeness (QED) is 0.444. The Labute approximate surface area is 203 Å². The molecule has 0 spiro atoms. The third kappa shape index (κ3) is 4.43. The minimum atomic E-state index is -3.38. The topological polar surface area (TPSA) is 62.5 Å². The van der Waals surface area contributed by atoms with Crippen molar-refractivity contribution in [1.82, 2.24) is 4.98 Å². The normalized spacial score (nSPS) is 21.9. The summed E-state index contributed by atoms with van der Waals surface area (Å²) in [6.45, 7) is 2.48. The second kappa shape index (κ2) is 9.08. The molecule has 3 aromatic rings. The van der Waals surface area contributed by atoms with Crippen LogP contribution in [0.3, 0.4) is 0 Å². The van der Waals surface area contributed by atoms with Crippen LogP contribution < -0.4 is 0 Å². The van der Waals surface area contributed by atoms with Crippen LogP contribution in [0, 0.1) is 12.8 Å². The molecule has 5 rings (SSSR count). The van der Waals surface area contributed by atoms with E-state index in [-0.39, 0.29) is 36.5 Å². The van der Waals surface area contributed by atoms with Crippen LogP contribution >= 0.6 is 0 Å². The van der Waals surface area contributed by atoms with Gasteiger partial charge in [0.1, 0.15) is 5.60 Å². The summed E-state index contributed by atoms with van der Waals surface area (Å²) in [5.41, 5.74) is 2.88. The highest BCUT2D eigenvalue weighted by molar-refractivity contribution is 6.16. The monoisotopic (exact) mass is 474 g/mol. The fourth-order valence-corrected chi connectivity index (χ4v) is 5.42. The Balaban J connectivity index is 1.33. The first kappa shape index (κ1) is 23.5. The molecule has 1 saturated carbocycles. The lowest BCUT2D eigenvalue weighted by Gasteiger charge is -2.42. The molecule has 4 nitrogen and oxygen atoms in total. The molecule has 2 heterocycles. The number of benzene rings is 2. The van der Waals surface area contributed by atoms with Crippen LogP contribution in [0.25, 0.3) is 0 Å². The third-order valence-electron chi connectivity index (χ3n) is 7.29. The first-order valence-electron chi connectivity index (χ1n) is 12.1. The van der Waals surface area contributed by atoms with E-state index in [0.29, 0.717) is 24.9 Å². The van der Waals surface area contributed by atoms with E-state index in [9.17, 15) is 9.90 Å². The Bertz CT molecular complexity index is 1290. The van der Waals surface area contributed by atoms with Gasteiger partial charge in [0.05, 0.1) is 12.3 Å². The van der Waals surface area contributed by atoms with E-state index >= 15 is 8.78 Å². The maximum Gasteiger partial charge on any atom is 0.301 e. The SMILES string of the molecule is Cc1cc(C2=NCc3ccc(C(=O)CC4CCCC(O)(C(F)(F)c5ccccc5)C4)cc32)ccn1. The highest BCUT2D eigenvalue weighted by atomic mass is 19.3. The highest BCUT2D eigenvalue weighted by Gasteiger charge is 2.55. The number of Topliss-reactive ketones (excluding diaryl/α,β-unsaturated/α-hetero) is 1. The Morgan fingerprint density at radius 1 is 1.14 bits per heavy atom. The number of carbonyl (C=O) groups is 1. The number of halogens is 2. The zero-order valence-electron chi connectivity index (χ0n) is 19.7. The standard InChI is InChI=1S/C29H28F2N2O2/c1-19-14-22(11-13-32-19)27-25-16-21(9-10-23(25)18-33-27)26(34)15-20-6-5-12-28(35,17-20)29(30,31)24-7-3-2-4-8-24/h2-4,7-11,13-14,16,20,35H,5-6,12,15,17-18H2,1H3. The van der Waals surface area contributed by atoms with Crippen molar-refractivity contribution in [3.8, 4) is 0 Å². The molecule has 1 fully saturated rings. The first-order chi connectivity index (χ1) is 16.8. The van der Waals surface area contributed by atoms with Gasteiger partial charge in [-0.2, -0.15) is 8.78 Å². The van der Waals surface area contributed by atoms with Crippen LogP contribution in [0.5, 0.6) is 0 Å². The van der Waals surface area contributed by atoms with Gasteiger partial charge in [0.15, 0.2) is 5.78 Å². The number of nitrogens with zero attached hydrogens (tertiary/aromatic N) is 2. The Morgan fingerprint density at radius 2 is 1.94 bits per heavy atom. The molecule has 2 aliphatic rings. The third-order valence-corrected chi connectivity index (χ3v) is 7.29. The van der Waals surface area contributed by atoms with Gasteiger partial charge < -0.3 is 5.11 Å². The summed E-state index contributed by atoms with van der Waals surface area (Å²) >= 11 is 0. The van der Waals surface area contributed by atoms with E-state index in [1.165, 1.54) is 12.1 Å². The molecule has 2 unspecified atom stereocenters. The van der Waals surface area contributed by atoms with Crippen LogP contribution in [0.4, 0.5) is 8.78 Å². The maximum atomic E-state index is 15.3. The number of aliphatic imine (C=N–C) groups is 1. The number of carbonyl (C=O) groups excluding carboxylic acids is 1. The van der Waals surface area contributed by atoms with Gasteiger partial charge in [0.25, 0.3) is 0 Å². The lowest BCUT2D eigenvalue weighted by Crippen LogP contribution is -2.49. The largest absolute Gasteiger partial charge is 0.383 e. The Kier molecular flexibility index (Phi) is 6.09. The summed E-state index contributed by atoms with van der Waals surface area (Å²) in [4.78, 5) is 22.1. The molecular weight excluding hydrogens is 446 g/mol. The molecule has 2 atom stereocenters. The summed E-state index contributed by atoms with van der Waals surface area (Å²) in [7, 11) is 0. The lowest BCUT2D eigenvalue weighted by atomic mass is 9.71. The molecule has 2 aromatic carbocycles. The number of fused-ring (bicyclic) bond motifs is 1. The van der Waals surface area contributed by atoms with Crippen molar-refractivity contribution in [1.29, 1.82) is 0 Å². The average Bonchev–Trinajstić information content (AvgIpc) is 3.28. The zero-order valence-corrected chi connectivity index (χ0v) is 19.7. The number of ketones is 1. The van der Waals surface area contributed by atoms with Gasteiger partial charge in [-0.1, -0.05) is 48.9 Å². The molecule has 0 amide bonds. The molecule has 1 N–H and O–H groups in total. The Morgan fingerprint density at radius 3 is 2.71 bits per heavy atom. The van der Waals surface area contributed by atoms with Gasteiger partial charge in [-0.3, -0.25) is 14.8 Å². The van der Waals surface area contributed by atoms with E-state index in [1.807, 2.05) is 31.2 Å². The van der Waals surface area contributed by atoms with Crippen molar-refractivity contribution in [2.75, 3.05) is 0 Å². The number of aromatic nitrogens is 1. The number of aryl methyl sites for hydroxylation is 1. The molecule has 0 saturated heterocycles. The fraction of sp³-hybridized carbons (Fsp3) is 0.345. The summed E-state index contributed by atoms with van der Waals surface area (Å²) < 4.78 is 30.6. The lowest BCUT2D eigenvalue weighted by molar-refractivity contribution is -0.209. The molecular formula is C29H28F2N2O2. The van der Waals surface area contributed by atoms with Crippen LogP contribution in [-0.2, 0) is 12.5 Å². The van der Waals surface area contributed by atoms with Gasteiger partial charge in [-0.15, -0.1) is 0 Å². The molecule has 1 aromatic heterocycles. The molecule has 1 aliphatic heterocycles. The molecule has 35 heavy (non-hydrogen) atoms. The first-order valence-corrected chi connectivity index (χ1v) is 12.1. The predicted molar refractivity (Wildman–Crippen MR) is 131 cm³/mol. The van der Waals surface area contributed by atoms with Crippen molar-refractivity contribution >= 4 is 11.5 Å². The van der Waals surface area contributed by atoms with Crippen LogP contribution in [-0.4, -0.2) is 27.2 Å². The molecule has 1 aliphatic carbocycles. The minimum absolute atomic E-state index is 0.0175. The fourth-order valence-electron chi connectivity index (χ4n) is 5.42. The van der Waals surface area contributed by atoms with Crippen molar-refractivity contribution in [3.63, 3.8) is 0 Å². The molecule has 180 valence electrons. The highest BCUT2D eigenvalue weighted by Crippen LogP contribution is 2.49. The van der Waals surface area contributed by atoms with E-state index in [1.54, 1.807) is 30.5 Å². The molecule has 6 heteroatoms. The van der Waals surface area contributed by atoms with Gasteiger partial charge in [-0.25, -0.2) is 0 Å². The Hall–Kier alpha value is -3.25. The number of hydrogen-bond acceptors (Lipinski definition) is 4. The maximum absolute atomic E-state index is 15.3. The van der Waals surface area contributed by atoms with Crippen molar-refractivity contribution in [3.05, 3.63) is 100 Å². The van der Waals surface area contributed by atoms with Crippen molar-refractivity contribution in [2.45, 2.75) is 57.1 Å². The minimum Gasteiger partial charge on any atom is -0.383 e. The number of pyridine rings is 1. The van der Waals surface area contributed by atoms with Gasteiger partial charge in [0.2, 0.25) is 0 Å². The van der Waals surface area contributed by atoms with Crippen molar-refractivity contribution in [2.24, 2.45) is 10.9 Å². The number of aliphatic hydroxyl groups is 1. The molecule has 0 radical (unpaired) electrons. The number of hydrogen-bond donors (Lipinski definition) is 1. The van der Waals surface area contributed by atoms with Gasteiger partial charge >= 0.3 is 5.92 Å². The second-order valence-corrected chi connectivity index (χ2v) is 9.78. The smallest absolute Gasteiger partial charge is 0.301 e. The van der Waals surface area contributed by atoms with Crippen LogP contribution in [0.1, 0.15) is 70.4 Å². The van der Waals surface area contributed by atoms with Crippen LogP contribution in [0.15, 0.2) is 71.9 Å². The van der Waals surface area contributed by atoms with E-state index in [4.69, 9.17) is 0 Å². The number of alkyl halides is 2. The van der Waals surface area contributed by atoms with Gasteiger partial charge in [0, 0.05) is 40.6 Å². The second-order valence-electron chi connectivity index (χ2n) is 9.78. The van der Waals surface area contributed by atoms with Crippen LogP contribution in [0.2, 0.25) is 0 Å². The number of rotatable bonds is 6. The predicted octanol–water partition coefficient (Wildman–Crippen LogP) is 6.03. The summed E-state index contributed by atoms with van der Waals surface area (Å²) in [6.07, 6.45) is 2.90. The summed E-state index contributed by atoms with van der Waals surface area (Å²) in [5, 5.41) is 11.0. The summed E-state index contributed by atoms with van der Waals surface area (Å²) in [6, 6.07) is 16.9.